The van der Waals surface area contributed by atoms with Crippen LogP contribution in [0, 0.1) is 6.92 Å². The van der Waals surface area contributed by atoms with E-state index in [0.29, 0.717) is 0 Å². The minimum atomic E-state index is 0.283. The molecule has 1 aliphatic heterocycles. The second-order valence-electron chi connectivity index (χ2n) is 6.75. The third kappa shape index (κ3) is 2.98. The van der Waals surface area contributed by atoms with E-state index in [0.717, 1.165) is 6.42 Å². The highest BCUT2D eigenvalue weighted by atomic mass is 15.2. The number of aryl methyl sites for hydroxylation is 1. The highest BCUT2D eigenvalue weighted by Gasteiger charge is 2.19. The van der Waals surface area contributed by atoms with Crippen LogP contribution in [-0.2, 0) is 6.42 Å². The highest BCUT2D eigenvalue weighted by Crippen LogP contribution is 2.36. The topological polar surface area (TPSA) is 3.24 Å². The molecule has 0 radical (unpaired) electrons. The van der Waals surface area contributed by atoms with E-state index in [-0.39, 0.29) is 6.04 Å². The lowest BCUT2D eigenvalue weighted by molar-refractivity contribution is 0.861. The summed E-state index contributed by atoms with van der Waals surface area (Å²) in [5, 5.41) is 2.65. The lowest BCUT2D eigenvalue weighted by Gasteiger charge is -2.32. The fraction of sp³-hybridized carbons (Fsp3) is 0.167. The lowest BCUT2D eigenvalue weighted by atomic mass is 9.98. The highest BCUT2D eigenvalue weighted by molar-refractivity contribution is 5.92. The largest absolute Gasteiger partial charge is 0.335 e. The Kier molecular flexibility index (Phi) is 4.15. The number of rotatable bonds is 1. The van der Waals surface area contributed by atoms with Crippen molar-refractivity contribution in [2.24, 2.45) is 0 Å². The molecule has 1 atom stereocenters. The van der Waals surface area contributed by atoms with Crippen molar-refractivity contribution in [3.8, 4) is 0 Å². The fourth-order valence-corrected chi connectivity index (χ4v) is 3.64. The molecule has 0 bridgehead atoms. The van der Waals surface area contributed by atoms with Crippen LogP contribution in [0.5, 0.6) is 0 Å². The number of benzene rings is 3. The smallest absolute Gasteiger partial charge is 0.0497 e. The first kappa shape index (κ1) is 15.7. The van der Waals surface area contributed by atoms with Crippen molar-refractivity contribution in [1.29, 1.82) is 0 Å². The fourth-order valence-electron chi connectivity index (χ4n) is 3.64. The molecule has 3 aromatic carbocycles. The third-order valence-electron chi connectivity index (χ3n) is 4.95. The summed E-state index contributed by atoms with van der Waals surface area (Å²) >= 11 is 0. The average molecular weight is 325 g/mol. The SMILES string of the molecule is Cc1ccc(N2c3ccc4ccccc4c3C/C=C\C=C/C2C)cc1. The molecular weight excluding hydrogens is 302 g/mol. The summed E-state index contributed by atoms with van der Waals surface area (Å²) < 4.78 is 0. The molecule has 0 aliphatic carbocycles. The minimum absolute atomic E-state index is 0.283. The summed E-state index contributed by atoms with van der Waals surface area (Å²) in [4.78, 5) is 2.45. The van der Waals surface area contributed by atoms with Crippen LogP contribution in [0.1, 0.15) is 18.1 Å². The molecule has 0 aromatic heterocycles. The summed E-state index contributed by atoms with van der Waals surface area (Å²) in [6, 6.07) is 22.3. The van der Waals surface area contributed by atoms with Crippen molar-refractivity contribution in [3.63, 3.8) is 0 Å². The zero-order valence-corrected chi connectivity index (χ0v) is 14.8. The van der Waals surface area contributed by atoms with Gasteiger partial charge in [-0.1, -0.05) is 72.3 Å². The maximum Gasteiger partial charge on any atom is 0.0497 e. The normalized spacial score (nSPS) is 19.6. The first-order valence-electron chi connectivity index (χ1n) is 8.94. The van der Waals surface area contributed by atoms with Crippen molar-refractivity contribution in [2.45, 2.75) is 26.3 Å². The zero-order valence-electron chi connectivity index (χ0n) is 14.8. The molecule has 1 heterocycles. The Bertz CT molecular complexity index is 947. The average Bonchev–Trinajstić information content (AvgIpc) is 2.71. The van der Waals surface area contributed by atoms with Crippen molar-refractivity contribution >= 4 is 22.1 Å². The van der Waals surface area contributed by atoms with E-state index in [1.165, 1.54) is 33.3 Å². The first-order chi connectivity index (χ1) is 12.2. The van der Waals surface area contributed by atoms with Gasteiger partial charge in [0.25, 0.3) is 0 Å². The van der Waals surface area contributed by atoms with Crippen LogP contribution < -0.4 is 4.90 Å². The van der Waals surface area contributed by atoms with Gasteiger partial charge >= 0.3 is 0 Å². The van der Waals surface area contributed by atoms with E-state index in [1.807, 2.05) is 0 Å². The molecule has 124 valence electrons. The Morgan fingerprint density at radius 1 is 0.880 bits per heavy atom. The Balaban J connectivity index is 1.97. The summed E-state index contributed by atoms with van der Waals surface area (Å²) in [5.41, 5.74) is 5.22. The van der Waals surface area contributed by atoms with Crippen LogP contribution >= 0.6 is 0 Å². The molecule has 0 saturated carbocycles. The Morgan fingerprint density at radius 3 is 2.52 bits per heavy atom. The quantitative estimate of drug-likeness (QED) is 0.504. The van der Waals surface area contributed by atoms with Gasteiger partial charge in [0.2, 0.25) is 0 Å². The second-order valence-corrected chi connectivity index (χ2v) is 6.75. The van der Waals surface area contributed by atoms with E-state index >= 15 is 0 Å². The zero-order chi connectivity index (χ0) is 17.2. The molecule has 0 saturated heterocycles. The number of fused-ring (bicyclic) bond motifs is 3. The van der Waals surface area contributed by atoms with E-state index < -0.39 is 0 Å². The monoisotopic (exact) mass is 325 g/mol. The summed E-state index contributed by atoms with van der Waals surface area (Å²) in [6.45, 7) is 4.39. The molecule has 25 heavy (non-hydrogen) atoms. The predicted octanol–water partition coefficient (Wildman–Crippen LogP) is 6.34. The van der Waals surface area contributed by atoms with Crippen LogP contribution in [0.15, 0.2) is 85.0 Å². The van der Waals surface area contributed by atoms with Crippen molar-refractivity contribution < 1.29 is 0 Å². The Morgan fingerprint density at radius 2 is 1.68 bits per heavy atom. The number of hydrogen-bond donors (Lipinski definition) is 0. The molecule has 0 fully saturated rings. The van der Waals surface area contributed by atoms with E-state index in [9.17, 15) is 0 Å². The minimum Gasteiger partial charge on any atom is -0.335 e. The van der Waals surface area contributed by atoms with Crippen molar-refractivity contribution in [3.05, 3.63) is 96.1 Å². The van der Waals surface area contributed by atoms with Crippen molar-refractivity contribution in [1.82, 2.24) is 0 Å². The maximum absolute atomic E-state index is 2.45. The molecular formula is C24H23N. The molecule has 0 amide bonds. The van der Waals surface area contributed by atoms with Gasteiger partial charge in [0.05, 0.1) is 0 Å². The van der Waals surface area contributed by atoms with Gasteiger partial charge in [-0.3, -0.25) is 0 Å². The van der Waals surface area contributed by atoms with E-state index in [1.54, 1.807) is 0 Å². The number of anilines is 2. The van der Waals surface area contributed by atoms with Gasteiger partial charge in [0.15, 0.2) is 0 Å². The van der Waals surface area contributed by atoms with Crippen molar-refractivity contribution in [2.75, 3.05) is 4.90 Å². The van der Waals surface area contributed by atoms with Gasteiger partial charge in [0.1, 0.15) is 0 Å². The lowest BCUT2D eigenvalue weighted by Crippen LogP contribution is -2.27. The van der Waals surface area contributed by atoms with Crippen LogP contribution in [-0.4, -0.2) is 6.04 Å². The second kappa shape index (κ2) is 6.60. The number of allylic oxidation sites excluding steroid dienone is 3. The van der Waals surface area contributed by atoms with Gasteiger partial charge in [-0.05, 0) is 54.8 Å². The Labute approximate surface area is 149 Å². The molecule has 1 nitrogen and oxygen atoms in total. The van der Waals surface area contributed by atoms with Gasteiger partial charge in [-0.2, -0.15) is 0 Å². The summed E-state index contributed by atoms with van der Waals surface area (Å²) in [5.74, 6) is 0. The van der Waals surface area contributed by atoms with Gasteiger partial charge in [-0.15, -0.1) is 0 Å². The molecule has 4 rings (SSSR count). The standard InChI is InChI=1S/C24H23N/c1-18-12-15-21(16-13-18)25-19(2)8-4-3-5-11-23-22-10-7-6-9-20(22)14-17-24(23)25/h3-10,12-17,19H,11H2,1-2H3/b5-3-,8-4-. The van der Waals surface area contributed by atoms with Gasteiger partial charge in [0, 0.05) is 17.4 Å². The first-order valence-corrected chi connectivity index (χ1v) is 8.94. The predicted molar refractivity (Wildman–Crippen MR) is 109 cm³/mol. The summed E-state index contributed by atoms with van der Waals surface area (Å²) in [7, 11) is 0. The van der Waals surface area contributed by atoms with Crippen LogP contribution in [0.25, 0.3) is 10.8 Å². The van der Waals surface area contributed by atoms with Crippen LogP contribution in [0.2, 0.25) is 0 Å². The number of nitrogens with zero attached hydrogens (tertiary/aromatic N) is 1. The van der Waals surface area contributed by atoms with Gasteiger partial charge < -0.3 is 4.90 Å². The molecule has 1 aliphatic rings. The summed E-state index contributed by atoms with van der Waals surface area (Å²) in [6.07, 6.45) is 9.80. The molecule has 1 unspecified atom stereocenters. The van der Waals surface area contributed by atoms with Gasteiger partial charge in [-0.25, -0.2) is 0 Å². The molecule has 3 aromatic rings. The van der Waals surface area contributed by atoms with Crippen LogP contribution in [0.3, 0.4) is 0 Å². The maximum atomic E-state index is 2.45. The molecule has 1 heteroatoms. The van der Waals surface area contributed by atoms with Crippen LogP contribution in [0.4, 0.5) is 11.4 Å². The molecule has 0 N–H and O–H groups in total. The number of hydrogen-bond acceptors (Lipinski definition) is 1. The molecule has 0 spiro atoms. The van der Waals surface area contributed by atoms with E-state index in [4.69, 9.17) is 0 Å². The third-order valence-corrected chi connectivity index (χ3v) is 4.95. The van der Waals surface area contributed by atoms with E-state index in [2.05, 4.69) is 104 Å². The Hall–Kier alpha value is -2.80.